The van der Waals surface area contributed by atoms with Crippen molar-refractivity contribution in [1.29, 1.82) is 10.5 Å². The summed E-state index contributed by atoms with van der Waals surface area (Å²) in [5, 5.41) is 18.8. The van der Waals surface area contributed by atoms with Gasteiger partial charge in [-0.15, -0.1) is 0 Å². The van der Waals surface area contributed by atoms with E-state index in [9.17, 15) is 4.79 Å². The topological polar surface area (TPSA) is 73.9 Å². The van der Waals surface area contributed by atoms with Crippen molar-refractivity contribution in [3.8, 4) is 17.9 Å². The molecule has 1 atom stereocenters. The van der Waals surface area contributed by atoms with E-state index in [2.05, 4.69) is 12.1 Å². The number of nitriles is 2. The van der Waals surface area contributed by atoms with Gasteiger partial charge in [-0.1, -0.05) is 35.9 Å². The highest BCUT2D eigenvalue weighted by Gasteiger charge is 2.51. The van der Waals surface area contributed by atoms with Crippen LogP contribution in [0.25, 0.3) is 0 Å². The van der Waals surface area contributed by atoms with E-state index in [1.807, 2.05) is 18.2 Å². The molecule has 0 saturated carbocycles. The molecule has 0 aliphatic carbocycles. The van der Waals surface area contributed by atoms with Gasteiger partial charge < -0.3 is 4.74 Å². The van der Waals surface area contributed by atoms with Crippen LogP contribution in [0.3, 0.4) is 0 Å². The van der Waals surface area contributed by atoms with Crippen molar-refractivity contribution in [2.45, 2.75) is 31.8 Å². The maximum atomic E-state index is 13.5. The van der Waals surface area contributed by atoms with Crippen LogP contribution < -0.4 is 4.74 Å². The van der Waals surface area contributed by atoms with Gasteiger partial charge in [0.1, 0.15) is 11.9 Å². The predicted octanol–water partition coefficient (Wildman–Crippen LogP) is 5.25. The highest BCUT2D eigenvalue weighted by Crippen LogP contribution is 2.51. The highest BCUT2D eigenvalue weighted by molar-refractivity contribution is 6.30. The van der Waals surface area contributed by atoms with Crippen LogP contribution >= 0.6 is 11.6 Å². The molecule has 26 heavy (non-hydrogen) atoms. The Balaban J connectivity index is 2.16. The average Bonchev–Trinajstić information content (AvgIpc) is 2.67. The Morgan fingerprint density at radius 2 is 1.62 bits per heavy atom. The molecule has 1 aliphatic heterocycles. The third-order valence-electron chi connectivity index (χ3n) is 4.87. The molecule has 2 aromatic carbocycles. The standard InChI is InChI=1S/C21H17ClN2O2/c22-16-9-7-15(8-10-16)20-21(11-3-13-23,12-4-14-24)19(25)17-5-1-2-6-18(17)26-20/h1-2,5-10,20H,3-4,11-12H2. The molecule has 5 heteroatoms. The number of ether oxygens (including phenoxy) is 1. The molecule has 0 radical (unpaired) electrons. The van der Waals surface area contributed by atoms with Gasteiger partial charge in [-0.3, -0.25) is 4.79 Å². The minimum Gasteiger partial charge on any atom is -0.484 e. The number of ketones is 1. The van der Waals surface area contributed by atoms with Crippen molar-refractivity contribution in [2.75, 3.05) is 0 Å². The molecule has 2 aromatic rings. The normalized spacial score (nSPS) is 17.5. The number of hydrogen-bond acceptors (Lipinski definition) is 4. The zero-order valence-electron chi connectivity index (χ0n) is 14.1. The Morgan fingerprint density at radius 1 is 1.00 bits per heavy atom. The van der Waals surface area contributed by atoms with Gasteiger partial charge in [0.25, 0.3) is 0 Å². The van der Waals surface area contributed by atoms with Gasteiger partial charge >= 0.3 is 0 Å². The molecule has 3 rings (SSSR count). The zero-order chi connectivity index (χ0) is 18.6. The summed E-state index contributed by atoms with van der Waals surface area (Å²) in [4.78, 5) is 13.5. The largest absolute Gasteiger partial charge is 0.484 e. The van der Waals surface area contributed by atoms with E-state index in [4.69, 9.17) is 26.9 Å². The molecule has 0 spiro atoms. The quantitative estimate of drug-likeness (QED) is 0.726. The first-order valence-electron chi connectivity index (χ1n) is 8.42. The van der Waals surface area contributed by atoms with Gasteiger partial charge in [-0.2, -0.15) is 10.5 Å². The van der Waals surface area contributed by atoms with Gasteiger partial charge in [0.2, 0.25) is 0 Å². The number of benzene rings is 2. The van der Waals surface area contributed by atoms with Crippen molar-refractivity contribution in [3.63, 3.8) is 0 Å². The van der Waals surface area contributed by atoms with Crippen LogP contribution in [-0.2, 0) is 0 Å². The number of nitrogens with zero attached hydrogens (tertiary/aromatic N) is 2. The lowest BCUT2D eigenvalue weighted by molar-refractivity contribution is 0.0170. The minimum absolute atomic E-state index is 0.0650. The first-order valence-corrected chi connectivity index (χ1v) is 8.80. The summed E-state index contributed by atoms with van der Waals surface area (Å²) in [6, 6.07) is 18.6. The lowest BCUT2D eigenvalue weighted by Gasteiger charge is -2.43. The Hall–Kier alpha value is -2.82. The molecule has 0 bridgehead atoms. The Labute approximate surface area is 157 Å². The molecule has 0 N–H and O–H groups in total. The van der Waals surface area contributed by atoms with Crippen LogP contribution in [-0.4, -0.2) is 5.78 Å². The summed E-state index contributed by atoms with van der Waals surface area (Å²) in [6.07, 6.45) is 0.542. The second kappa shape index (κ2) is 7.60. The molecule has 0 fully saturated rings. The SMILES string of the molecule is N#CCCC1(CCC#N)C(=O)c2ccccc2OC1c1ccc(Cl)cc1. The van der Waals surface area contributed by atoms with Crippen molar-refractivity contribution in [1.82, 2.24) is 0 Å². The van der Waals surface area contributed by atoms with Crippen LogP contribution in [0.4, 0.5) is 0 Å². The van der Waals surface area contributed by atoms with E-state index >= 15 is 0 Å². The number of halogens is 1. The number of rotatable bonds is 5. The Morgan fingerprint density at radius 3 is 2.23 bits per heavy atom. The summed E-state index contributed by atoms with van der Waals surface area (Å²) in [6.45, 7) is 0. The third kappa shape index (κ3) is 3.17. The number of fused-ring (bicyclic) bond motifs is 1. The van der Waals surface area contributed by atoms with Crippen LogP contribution in [0.15, 0.2) is 48.5 Å². The van der Waals surface area contributed by atoms with Crippen LogP contribution in [0.5, 0.6) is 5.75 Å². The lowest BCUT2D eigenvalue weighted by Crippen LogP contribution is -2.43. The first kappa shape index (κ1) is 18.0. The van der Waals surface area contributed by atoms with Crippen molar-refractivity contribution >= 4 is 17.4 Å². The minimum atomic E-state index is -0.951. The van der Waals surface area contributed by atoms with Gasteiger partial charge in [0.15, 0.2) is 5.78 Å². The fourth-order valence-electron chi connectivity index (χ4n) is 3.58. The van der Waals surface area contributed by atoms with Crippen molar-refractivity contribution in [3.05, 3.63) is 64.7 Å². The van der Waals surface area contributed by atoms with Crippen LogP contribution in [0, 0.1) is 28.1 Å². The molecular weight excluding hydrogens is 348 g/mol. The molecule has 0 aromatic heterocycles. The number of carbonyl (C=O) groups is 1. The van der Waals surface area contributed by atoms with Gasteiger partial charge in [-0.05, 0) is 42.7 Å². The second-order valence-corrected chi connectivity index (χ2v) is 6.78. The van der Waals surface area contributed by atoms with Crippen molar-refractivity contribution in [2.24, 2.45) is 5.41 Å². The third-order valence-corrected chi connectivity index (χ3v) is 5.12. The molecule has 1 heterocycles. The summed E-state index contributed by atoms with van der Waals surface area (Å²) < 4.78 is 6.26. The summed E-state index contributed by atoms with van der Waals surface area (Å²) in [5.41, 5.74) is 0.370. The zero-order valence-corrected chi connectivity index (χ0v) is 14.9. The lowest BCUT2D eigenvalue weighted by atomic mass is 9.66. The molecule has 1 unspecified atom stereocenters. The molecular formula is C21H17ClN2O2. The smallest absolute Gasteiger partial charge is 0.176 e. The molecule has 4 nitrogen and oxygen atoms in total. The molecule has 0 amide bonds. The molecule has 0 saturated heterocycles. The summed E-state index contributed by atoms with van der Waals surface area (Å²) >= 11 is 6.00. The van der Waals surface area contributed by atoms with Crippen molar-refractivity contribution < 1.29 is 9.53 Å². The summed E-state index contributed by atoms with van der Waals surface area (Å²) in [5.74, 6) is 0.465. The van der Waals surface area contributed by atoms with Gasteiger partial charge in [0, 0.05) is 17.9 Å². The fourth-order valence-corrected chi connectivity index (χ4v) is 3.71. The van der Waals surface area contributed by atoms with Gasteiger partial charge in [-0.25, -0.2) is 0 Å². The van der Waals surface area contributed by atoms with Crippen LogP contribution in [0.2, 0.25) is 5.02 Å². The maximum absolute atomic E-state index is 13.5. The number of Topliss-reactive ketones (excluding diaryl/α,β-unsaturated/α-hetero) is 1. The van der Waals surface area contributed by atoms with E-state index < -0.39 is 11.5 Å². The monoisotopic (exact) mass is 364 g/mol. The number of carbonyl (C=O) groups excluding carboxylic acids is 1. The molecule has 1 aliphatic rings. The van der Waals surface area contributed by atoms with Crippen LogP contribution in [0.1, 0.15) is 47.7 Å². The first-order chi connectivity index (χ1) is 12.6. The van der Waals surface area contributed by atoms with E-state index in [0.29, 0.717) is 29.2 Å². The number of para-hydroxylation sites is 1. The fraction of sp³-hybridized carbons (Fsp3) is 0.286. The highest BCUT2D eigenvalue weighted by atomic mass is 35.5. The predicted molar refractivity (Wildman–Crippen MR) is 97.7 cm³/mol. The second-order valence-electron chi connectivity index (χ2n) is 6.35. The average molecular weight is 365 g/mol. The Bertz CT molecular complexity index is 875. The Kier molecular flexibility index (Phi) is 5.26. The van der Waals surface area contributed by atoms with E-state index in [0.717, 1.165) is 5.56 Å². The molecule has 130 valence electrons. The summed E-state index contributed by atoms with van der Waals surface area (Å²) in [7, 11) is 0. The van der Waals surface area contributed by atoms with E-state index in [1.165, 1.54) is 0 Å². The van der Waals surface area contributed by atoms with Gasteiger partial charge in [0.05, 0.1) is 23.1 Å². The number of hydrogen-bond donors (Lipinski definition) is 0. The van der Waals surface area contributed by atoms with E-state index in [-0.39, 0.29) is 18.6 Å². The van der Waals surface area contributed by atoms with E-state index in [1.54, 1.807) is 30.3 Å². The maximum Gasteiger partial charge on any atom is 0.176 e.